The fourth-order valence-electron chi connectivity index (χ4n) is 7.09. The van der Waals surface area contributed by atoms with E-state index in [0.717, 1.165) is 11.1 Å². The van der Waals surface area contributed by atoms with E-state index >= 15 is 0 Å². The summed E-state index contributed by atoms with van der Waals surface area (Å²) in [7, 11) is 0. The van der Waals surface area contributed by atoms with Crippen LogP contribution in [0.5, 0.6) is 0 Å². The summed E-state index contributed by atoms with van der Waals surface area (Å²) >= 11 is 5.25. The third-order valence-corrected chi connectivity index (χ3v) is 9.34. The molecule has 1 aliphatic carbocycles. The van der Waals surface area contributed by atoms with Gasteiger partial charge in [0.2, 0.25) is 11.8 Å². The number of aliphatic hydroxyl groups is 1. The van der Waals surface area contributed by atoms with Gasteiger partial charge >= 0.3 is 0 Å². The second-order valence-electron chi connectivity index (χ2n) is 11.7. The van der Waals surface area contributed by atoms with Gasteiger partial charge in [0, 0.05) is 17.4 Å². The zero-order valence-electron chi connectivity index (χ0n) is 23.9. The lowest BCUT2D eigenvalue weighted by molar-refractivity contribution is -0.161. The number of benzene rings is 4. The molecule has 216 valence electrons. The fraction of sp³-hybridized carbons (Fsp3) is 0.222. The Morgan fingerprint density at radius 2 is 1.23 bits per heavy atom. The van der Waals surface area contributed by atoms with Crippen molar-refractivity contribution in [2.75, 3.05) is 0 Å². The summed E-state index contributed by atoms with van der Waals surface area (Å²) in [5, 5.41) is 18.4. The molecule has 4 atom stereocenters. The third-order valence-electron chi connectivity index (χ3n) is 9.14. The first-order chi connectivity index (χ1) is 20.7. The first-order valence-corrected chi connectivity index (χ1v) is 14.7. The molecule has 0 radical (unpaired) electrons. The highest BCUT2D eigenvalue weighted by Crippen LogP contribution is 2.64. The molecular weight excluding hydrogens is 556 g/mol. The summed E-state index contributed by atoms with van der Waals surface area (Å²) < 4.78 is 0. The number of carbonyl (C=O) groups is 3. The van der Waals surface area contributed by atoms with Crippen LogP contribution in [-0.4, -0.2) is 27.8 Å². The molecule has 1 spiro atoms. The van der Waals surface area contributed by atoms with E-state index in [-0.39, 0.29) is 17.3 Å². The van der Waals surface area contributed by atoms with Gasteiger partial charge < -0.3 is 15.7 Å². The van der Waals surface area contributed by atoms with E-state index in [0.29, 0.717) is 22.3 Å². The van der Waals surface area contributed by atoms with Crippen LogP contribution >= 0.6 is 12.2 Å². The third kappa shape index (κ3) is 4.69. The Bertz CT molecular complexity index is 1680. The van der Waals surface area contributed by atoms with E-state index in [1.807, 2.05) is 111 Å². The highest BCUT2D eigenvalue weighted by Gasteiger charge is 2.70. The molecule has 1 aliphatic heterocycles. The molecule has 0 bridgehead atoms. The number of aryl methyl sites for hydroxylation is 2. The van der Waals surface area contributed by atoms with Crippen molar-refractivity contribution in [3.63, 3.8) is 0 Å². The summed E-state index contributed by atoms with van der Waals surface area (Å²) in [6.07, 6.45) is -0.0563. The van der Waals surface area contributed by atoms with Crippen LogP contribution in [-0.2, 0) is 15.2 Å². The van der Waals surface area contributed by atoms with Gasteiger partial charge in [-0.1, -0.05) is 120 Å². The average Bonchev–Trinajstić information content (AvgIpc) is 3.01. The minimum Gasteiger partial charge on any atom is -0.384 e. The minimum atomic E-state index is -1.81. The van der Waals surface area contributed by atoms with Crippen molar-refractivity contribution >= 4 is 34.9 Å². The largest absolute Gasteiger partial charge is 0.384 e. The number of thiocarbonyl (C=S) groups is 1. The van der Waals surface area contributed by atoms with E-state index in [1.54, 1.807) is 12.1 Å². The van der Waals surface area contributed by atoms with Gasteiger partial charge in [-0.2, -0.15) is 0 Å². The lowest BCUT2D eigenvalue weighted by atomic mass is 9.46. The van der Waals surface area contributed by atoms with Crippen molar-refractivity contribution in [3.8, 4) is 0 Å². The molecule has 2 amide bonds. The second-order valence-corrected chi connectivity index (χ2v) is 12.1. The second kappa shape index (κ2) is 11.0. The van der Waals surface area contributed by atoms with E-state index in [9.17, 15) is 19.5 Å². The Balaban J connectivity index is 1.71. The normalized spacial score (nSPS) is 24.7. The predicted molar refractivity (Wildman–Crippen MR) is 168 cm³/mol. The van der Waals surface area contributed by atoms with Crippen LogP contribution in [0.2, 0.25) is 0 Å². The molecule has 1 heterocycles. The summed E-state index contributed by atoms with van der Waals surface area (Å²) in [5.41, 5.74) is 0.655. The summed E-state index contributed by atoms with van der Waals surface area (Å²) in [4.78, 5) is 43.7. The Morgan fingerprint density at radius 1 is 0.744 bits per heavy atom. The smallest absolute Gasteiger partial charge is 0.243 e. The molecule has 2 fully saturated rings. The number of nitrogens with one attached hydrogen (secondary N) is 2. The fourth-order valence-corrected chi connectivity index (χ4v) is 7.27. The van der Waals surface area contributed by atoms with Gasteiger partial charge in [0.15, 0.2) is 10.9 Å². The summed E-state index contributed by atoms with van der Waals surface area (Å²) in [6.45, 7) is 3.89. The van der Waals surface area contributed by atoms with E-state index < -0.39 is 40.6 Å². The lowest BCUT2D eigenvalue weighted by Crippen LogP contribution is -2.71. The molecular formula is C36H32N2O4S. The Hall–Kier alpha value is -4.46. The standard InChI is InChI=1S/C36H32N2O4S/c1-22-13-17-26(18-14-22)31(39)30-29(25-11-7-4-8-12-25)36(32(40)37-34(43)38-33(36)41)28(24-9-5-3-6-10-24)21-35(30,42)27-19-15-23(2)16-20-27/h3-20,28-30,42H,21H2,1-2H3,(H2,37,38,40,41,43). The monoisotopic (exact) mass is 588 g/mol. The number of rotatable bonds is 5. The number of amides is 2. The maximum absolute atomic E-state index is 14.8. The average molecular weight is 589 g/mol. The van der Waals surface area contributed by atoms with Crippen molar-refractivity contribution in [1.82, 2.24) is 10.6 Å². The van der Waals surface area contributed by atoms with Crippen molar-refractivity contribution < 1.29 is 19.5 Å². The Labute approximate surface area is 256 Å². The van der Waals surface area contributed by atoms with Crippen LogP contribution in [0.25, 0.3) is 0 Å². The van der Waals surface area contributed by atoms with Crippen molar-refractivity contribution in [2.24, 2.45) is 11.3 Å². The van der Waals surface area contributed by atoms with Crippen LogP contribution in [0.1, 0.15) is 56.4 Å². The molecule has 4 aromatic rings. The van der Waals surface area contributed by atoms with Crippen LogP contribution in [0.15, 0.2) is 109 Å². The lowest BCUT2D eigenvalue weighted by Gasteiger charge is -2.57. The van der Waals surface area contributed by atoms with Gasteiger partial charge in [0.05, 0.1) is 5.92 Å². The molecule has 6 rings (SSSR count). The molecule has 1 saturated heterocycles. The van der Waals surface area contributed by atoms with E-state index in [1.165, 1.54) is 0 Å². The van der Waals surface area contributed by atoms with Gasteiger partial charge in [-0.15, -0.1) is 0 Å². The number of hydrogen-bond donors (Lipinski definition) is 3. The van der Waals surface area contributed by atoms with Crippen LogP contribution < -0.4 is 10.6 Å². The molecule has 1 saturated carbocycles. The topological polar surface area (TPSA) is 95.5 Å². The Kier molecular flexibility index (Phi) is 7.32. The molecule has 4 unspecified atom stereocenters. The summed E-state index contributed by atoms with van der Waals surface area (Å²) in [6, 6.07) is 33.0. The predicted octanol–water partition coefficient (Wildman–Crippen LogP) is 5.48. The zero-order valence-corrected chi connectivity index (χ0v) is 24.7. The van der Waals surface area contributed by atoms with Gasteiger partial charge in [0.1, 0.15) is 11.0 Å². The van der Waals surface area contributed by atoms with Crippen LogP contribution in [0.3, 0.4) is 0 Å². The van der Waals surface area contributed by atoms with Gasteiger partial charge in [-0.3, -0.25) is 14.4 Å². The van der Waals surface area contributed by atoms with Crippen LogP contribution in [0.4, 0.5) is 0 Å². The van der Waals surface area contributed by atoms with Gasteiger partial charge in [-0.05, 0) is 49.2 Å². The van der Waals surface area contributed by atoms with Crippen molar-refractivity contribution in [2.45, 2.75) is 37.7 Å². The van der Waals surface area contributed by atoms with Crippen molar-refractivity contribution in [1.29, 1.82) is 0 Å². The zero-order chi connectivity index (χ0) is 30.4. The van der Waals surface area contributed by atoms with Gasteiger partial charge in [-0.25, -0.2) is 0 Å². The first-order valence-electron chi connectivity index (χ1n) is 14.3. The number of ketones is 1. The molecule has 3 N–H and O–H groups in total. The maximum atomic E-state index is 14.8. The Morgan fingerprint density at radius 3 is 1.77 bits per heavy atom. The van der Waals surface area contributed by atoms with Gasteiger partial charge in [0.25, 0.3) is 0 Å². The van der Waals surface area contributed by atoms with E-state index in [4.69, 9.17) is 12.2 Å². The maximum Gasteiger partial charge on any atom is 0.243 e. The highest BCUT2D eigenvalue weighted by molar-refractivity contribution is 7.80. The number of carbonyl (C=O) groups excluding carboxylic acids is 3. The first kappa shape index (κ1) is 28.6. The molecule has 0 aromatic heterocycles. The highest BCUT2D eigenvalue weighted by atomic mass is 32.1. The van der Waals surface area contributed by atoms with E-state index in [2.05, 4.69) is 10.6 Å². The molecule has 6 nitrogen and oxygen atoms in total. The minimum absolute atomic E-state index is 0.0563. The number of Topliss-reactive ketones (excluding diaryl/α,β-unsaturated/α-hetero) is 1. The van der Waals surface area contributed by atoms with Crippen LogP contribution in [0, 0.1) is 25.2 Å². The molecule has 2 aliphatic rings. The SMILES string of the molecule is Cc1ccc(C(=O)C2C(c3ccccc3)C3(C(=O)NC(=S)NC3=O)C(c3ccccc3)CC2(O)c2ccc(C)cc2)cc1. The molecule has 4 aromatic carbocycles. The quantitative estimate of drug-likeness (QED) is 0.163. The number of hydrogen-bond acceptors (Lipinski definition) is 5. The summed E-state index contributed by atoms with van der Waals surface area (Å²) in [5.74, 6) is -4.60. The van der Waals surface area contributed by atoms with Crippen molar-refractivity contribution in [3.05, 3.63) is 143 Å². The molecule has 43 heavy (non-hydrogen) atoms. The molecule has 7 heteroatoms.